The van der Waals surface area contributed by atoms with Gasteiger partial charge in [0.2, 0.25) is 0 Å². The van der Waals surface area contributed by atoms with Gasteiger partial charge in [-0.25, -0.2) is 14.2 Å². The van der Waals surface area contributed by atoms with E-state index in [0.29, 0.717) is 6.08 Å². The molecule has 2 fully saturated rings. The van der Waals surface area contributed by atoms with Crippen LogP contribution in [0.5, 0.6) is 0 Å². The second-order valence-electron chi connectivity index (χ2n) is 8.54. The zero-order valence-electron chi connectivity index (χ0n) is 18.0. The predicted octanol–water partition coefficient (Wildman–Crippen LogP) is 1.27. The summed E-state index contributed by atoms with van der Waals surface area (Å²) in [7, 11) is 0. The second kappa shape index (κ2) is 8.15. The van der Waals surface area contributed by atoms with E-state index in [0.717, 1.165) is 17.1 Å². The Morgan fingerprint density at radius 2 is 1.74 bits per heavy atom. The van der Waals surface area contributed by atoms with Crippen molar-refractivity contribution in [3.8, 4) is 5.69 Å². The first-order valence-corrected chi connectivity index (χ1v) is 10.6. The molecule has 10 nitrogen and oxygen atoms in total. The highest BCUT2D eigenvalue weighted by Crippen LogP contribution is 2.37. The number of nitrogens with zero attached hydrogens (tertiary/aromatic N) is 6. The number of carbonyl (C=O) groups is 2. The minimum Gasteiger partial charge on any atom is -0.477 e. The zero-order valence-corrected chi connectivity index (χ0v) is 18.0. The number of nitrogens with one attached hydrogen (secondary N) is 1. The van der Waals surface area contributed by atoms with Gasteiger partial charge < -0.3 is 15.3 Å². The number of alkyl halides is 3. The minimum atomic E-state index is -4.81. The number of aromatic nitrogens is 3. The fraction of sp³-hybridized carbons (Fsp3) is 0.381. The molecule has 2 aromatic rings. The number of carbonyl (C=O) groups excluding carboxylic acids is 1. The number of benzene rings is 1. The highest BCUT2D eigenvalue weighted by molar-refractivity contribution is 6.02. The molecule has 0 radical (unpaired) electrons. The van der Waals surface area contributed by atoms with Crippen LogP contribution in [0, 0.1) is 17.7 Å². The summed E-state index contributed by atoms with van der Waals surface area (Å²) in [5, 5.41) is 20.2. The Morgan fingerprint density at radius 1 is 1.09 bits per heavy atom. The van der Waals surface area contributed by atoms with E-state index >= 15 is 0 Å². The standard InChI is InChI=1S/C21H19F4N7O3/c22-14-2-1-3-15(32-27-6-7-28-32)17(14)18(33)30-8-12-10-31(11-13(12)9-30)21(19(34)35)26-5-4-16(29-21)20(23,24)25/h1-7,12-13,26H,8-11H2,(H,34,35). The quantitative estimate of drug-likeness (QED) is 0.617. The van der Waals surface area contributed by atoms with Gasteiger partial charge in [-0.05, 0) is 30.0 Å². The molecule has 4 heterocycles. The van der Waals surface area contributed by atoms with Crippen molar-refractivity contribution >= 4 is 17.6 Å². The van der Waals surface area contributed by atoms with Gasteiger partial charge in [0.05, 0.1) is 12.4 Å². The van der Waals surface area contributed by atoms with Gasteiger partial charge in [-0.3, -0.25) is 9.69 Å². The molecule has 14 heteroatoms. The molecule has 0 aliphatic carbocycles. The number of aliphatic imine (C=N–C) groups is 1. The number of hydrogen-bond donors (Lipinski definition) is 2. The molecular formula is C21H19F4N7O3. The number of carboxylic acid groups (broad SMARTS) is 1. The largest absolute Gasteiger partial charge is 0.477 e. The number of rotatable bonds is 4. The molecule has 5 rings (SSSR count). The van der Waals surface area contributed by atoms with Crippen LogP contribution >= 0.6 is 0 Å². The van der Waals surface area contributed by atoms with Crippen molar-refractivity contribution in [1.29, 1.82) is 0 Å². The smallest absolute Gasteiger partial charge is 0.433 e. The molecule has 0 bridgehead atoms. The maximum Gasteiger partial charge on any atom is 0.433 e. The first-order valence-electron chi connectivity index (χ1n) is 10.6. The summed E-state index contributed by atoms with van der Waals surface area (Å²) in [6, 6.07) is 4.12. The van der Waals surface area contributed by atoms with Crippen LogP contribution in [-0.4, -0.2) is 85.6 Å². The van der Waals surface area contributed by atoms with E-state index < -0.39 is 35.4 Å². The highest BCUT2D eigenvalue weighted by Gasteiger charge is 2.54. The number of halogens is 4. The van der Waals surface area contributed by atoms with Gasteiger partial charge in [-0.2, -0.15) is 28.2 Å². The average Bonchev–Trinajstić information content (AvgIpc) is 3.54. The molecule has 35 heavy (non-hydrogen) atoms. The lowest BCUT2D eigenvalue weighted by Crippen LogP contribution is -2.63. The highest BCUT2D eigenvalue weighted by atomic mass is 19.4. The lowest BCUT2D eigenvalue weighted by Gasteiger charge is -2.37. The second-order valence-corrected chi connectivity index (χ2v) is 8.54. The van der Waals surface area contributed by atoms with Crippen molar-refractivity contribution < 1.29 is 32.3 Å². The Hall–Kier alpha value is -3.81. The fourth-order valence-electron chi connectivity index (χ4n) is 4.86. The van der Waals surface area contributed by atoms with Gasteiger partial charge in [-0.15, -0.1) is 0 Å². The van der Waals surface area contributed by atoms with E-state index in [9.17, 15) is 32.3 Å². The molecule has 1 aromatic heterocycles. The summed E-state index contributed by atoms with van der Waals surface area (Å²) in [4.78, 5) is 32.8. The molecule has 1 amide bonds. The summed E-state index contributed by atoms with van der Waals surface area (Å²) in [5.41, 5.74) is -1.32. The van der Waals surface area contributed by atoms with Crippen molar-refractivity contribution in [2.75, 3.05) is 26.2 Å². The Morgan fingerprint density at radius 3 is 2.34 bits per heavy atom. The van der Waals surface area contributed by atoms with Crippen LogP contribution in [0.2, 0.25) is 0 Å². The van der Waals surface area contributed by atoms with Crippen LogP contribution in [0.15, 0.2) is 47.9 Å². The topological polar surface area (TPSA) is 116 Å². The lowest BCUT2D eigenvalue weighted by atomic mass is 10.0. The normalized spacial score (nSPS) is 26.4. The van der Waals surface area contributed by atoms with Crippen molar-refractivity contribution in [3.63, 3.8) is 0 Å². The maximum absolute atomic E-state index is 14.7. The fourth-order valence-corrected chi connectivity index (χ4v) is 4.86. The molecule has 3 aliphatic heterocycles. The molecule has 3 aliphatic rings. The van der Waals surface area contributed by atoms with Crippen LogP contribution in [-0.2, 0) is 4.79 Å². The first kappa shape index (κ1) is 23.0. The van der Waals surface area contributed by atoms with Crippen molar-refractivity contribution in [1.82, 2.24) is 30.1 Å². The Bertz CT molecular complexity index is 1220. The van der Waals surface area contributed by atoms with E-state index in [1.54, 1.807) is 0 Å². The molecule has 3 atom stereocenters. The molecule has 0 saturated carbocycles. The van der Waals surface area contributed by atoms with Gasteiger partial charge in [0.25, 0.3) is 11.7 Å². The van der Waals surface area contributed by atoms with Crippen LogP contribution in [0.1, 0.15) is 10.4 Å². The molecular weight excluding hydrogens is 474 g/mol. The van der Waals surface area contributed by atoms with E-state index in [1.165, 1.54) is 34.3 Å². The van der Waals surface area contributed by atoms with Gasteiger partial charge in [0.1, 0.15) is 22.8 Å². The number of likely N-dealkylation sites (tertiary alicyclic amines) is 2. The third-order valence-corrected chi connectivity index (χ3v) is 6.47. The van der Waals surface area contributed by atoms with Crippen LogP contribution in [0.3, 0.4) is 0 Å². The molecule has 2 N–H and O–H groups in total. The summed E-state index contributed by atoms with van der Waals surface area (Å²) in [5.74, 6) is -5.64. The molecule has 2 saturated heterocycles. The average molecular weight is 493 g/mol. The zero-order chi connectivity index (χ0) is 25.0. The van der Waals surface area contributed by atoms with Gasteiger partial charge in [-0.1, -0.05) is 6.07 Å². The monoisotopic (exact) mass is 493 g/mol. The van der Waals surface area contributed by atoms with E-state index in [-0.39, 0.29) is 49.3 Å². The van der Waals surface area contributed by atoms with Crippen molar-refractivity contribution in [3.05, 3.63) is 54.2 Å². The third kappa shape index (κ3) is 3.83. The number of hydrogen-bond acceptors (Lipinski definition) is 7. The molecule has 0 spiro atoms. The van der Waals surface area contributed by atoms with Crippen LogP contribution in [0.4, 0.5) is 17.6 Å². The number of fused-ring (bicyclic) bond motifs is 1. The number of carboxylic acids is 1. The van der Waals surface area contributed by atoms with Crippen LogP contribution in [0.25, 0.3) is 5.69 Å². The minimum absolute atomic E-state index is 0.0844. The van der Waals surface area contributed by atoms with E-state index in [4.69, 9.17) is 0 Å². The summed E-state index contributed by atoms with van der Waals surface area (Å²) >= 11 is 0. The predicted molar refractivity (Wildman–Crippen MR) is 112 cm³/mol. The first-order chi connectivity index (χ1) is 16.6. The third-order valence-electron chi connectivity index (χ3n) is 6.47. The Labute approximate surface area is 195 Å². The van der Waals surface area contributed by atoms with E-state index in [2.05, 4.69) is 20.5 Å². The Balaban J connectivity index is 1.36. The molecule has 3 unspecified atom stereocenters. The van der Waals surface area contributed by atoms with Crippen molar-refractivity contribution in [2.24, 2.45) is 16.8 Å². The van der Waals surface area contributed by atoms with Gasteiger partial charge in [0, 0.05) is 32.4 Å². The number of amides is 1. The van der Waals surface area contributed by atoms with Gasteiger partial charge >= 0.3 is 12.1 Å². The maximum atomic E-state index is 14.7. The summed E-state index contributed by atoms with van der Waals surface area (Å²) in [6.07, 6.45) is -0.407. The van der Waals surface area contributed by atoms with E-state index in [1.807, 2.05) is 0 Å². The Kier molecular flexibility index (Phi) is 5.34. The molecule has 184 valence electrons. The molecule has 1 aromatic carbocycles. The van der Waals surface area contributed by atoms with Gasteiger partial charge in [0.15, 0.2) is 0 Å². The van der Waals surface area contributed by atoms with Crippen LogP contribution < -0.4 is 5.32 Å². The summed E-state index contributed by atoms with van der Waals surface area (Å²) in [6.45, 7) is 0.533. The number of aliphatic carboxylic acids is 1. The van der Waals surface area contributed by atoms with Crippen molar-refractivity contribution in [2.45, 2.75) is 12.0 Å². The SMILES string of the molecule is O=C(c1c(F)cccc1-n1nccn1)N1CC2CN(C3(C(=O)O)N=C(C(F)(F)F)C=CN3)CC2C1. The lowest BCUT2D eigenvalue weighted by molar-refractivity contribution is -0.152. The number of allylic oxidation sites excluding steroid dienone is 1. The summed E-state index contributed by atoms with van der Waals surface area (Å²) < 4.78 is 54.4.